The molecule has 1 heterocycles. The number of furan rings is 1. The number of nitrogens with zero attached hydrogens (tertiary/aromatic N) is 1. The number of para-hydroxylation sites is 1. The van der Waals surface area contributed by atoms with Gasteiger partial charge in [0, 0.05) is 16.6 Å². The average Bonchev–Trinajstić information content (AvgIpc) is 3.50. The molecule has 0 aliphatic carbocycles. The maximum absolute atomic E-state index is 17.0. The van der Waals surface area contributed by atoms with Gasteiger partial charge < -0.3 is 9.32 Å². The molecular weight excluding hydrogens is 553 g/mol. The van der Waals surface area contributed by atoms with Gasteiger partial charge in [-0.3, -0.25) is 0 Å². The van der Waals surface area contributed by atoms with Crippen molar-refractivity contribution in [2.24, 2.45) is 0 Å². The molecule has 8 rings (SSSR count). The van der Waals surface area contributed by atoms with Gasteiger partial charge in [0.2, 0.25) is 0 Å². The highest BCUT2D eigenvalue weighted by atomic mass is 19.1. The fourth-order valence-electron chi connectivity index (χ4n) is 6.23. The largest absolute Gasteiger partial charge is 0.456 e. The fraction of sp³-hybridized carbons (Fsp3) is 0. The van der Waals surface area contributed by atoms with Crippen molar-refractivity contribution < 1.29 is 8.81 Å². The van der Waals surface area contributed by atoms with Gasteiger partial charge in [-0.2, -0.15) is 0 Å². The van der Waals surface area contributed by atoms with Crippen LogP contribution in [0.4, 0.5) is 21.5 Å². The minimum absolute atomic E-state index is 0.313. The van der Waals surface area contributed by atoms with Crippen LogP contribution in [0.5, 0.6) is 0 Å². The maximum Gasteiger partial charge on any atom is 0.148 e. The van der Waals surface area contributed by atoms with Crippen molar-refractivity contribution in [3.63, 3.8) is 0 Å². The lowest BCUT2D eigenvalue weighted by Gasteiger charge is -2.29. The summed E-state index contributed by atoms with van der Waals surface area (Å²) in [6, 6.07) is 56.4. The summed E-state index contributed by atoms with van der Waals surface area (Å²) in [5.41, 5.74) is 9.44. The van der Waals surface area contributed by atoms with Gasteiger partial charge in [0.15, 0.2) is 0 Å². The van der Waals surface area contributed by atoms with Crippen LogP contribution in [-0.4, -0.2) is 0 Å². The van der Waals surface area contributed by atoms with Gasteiger partial charge in [-0.05, 0) is 70.3 Å². The highest BCUT2D eigenvalue weighted by Crippen LogP contribution is 2.48. The predicted molar refractivity (Wildman–Crippen MR) is 185 cm³/mol. The lowest BCUT2D eigenvalue weighted by Crippen LogP contribution is -2.14. The first kappa shape index (κ1) is 26.7. The Morgan fingerprint density at radius 2 is 1.00 bits per heavy atom. The van der Waals surface area contributed by atoms with Crippen LogP contribution in [0.15, 0.2) is 174 Å². The number of hydrogen-bond acceptors (Lipinski definition) is 2. The lowest BCUT2D eigenvalue weighted by molar-refractivity contribution is 0.630. The molecule has 8 aromatic rings. The van der Waals surface area contributed by atoms with E-state index in [0.29, 0.717) is 5.69 Å². The Morgan fingerprint density at radius 1 is 0.444 bits per heavy atom. The summed E-state index contributed by atoms with van der Waals surface area (Å²) in [5.74, 6) is -0.313. The molecule has 2 nitrogen and oxygen atoms in total. The van der Waals surface area contributed by atoms with Crippen LogP contribution in [0.25, 0.3) is 55.3 Å². The number of rotatable bonds is 6. The van der Waals surface area contributed by atoms with Crippen LogP contribution in [-0.2, 0) is 0 Å². The minimum Gasteiger partial charge on any atom is -0.456 e. The van der Waals surface area contributed by atoms with E-state index in [-0.39, 0.29) is 5.82 Å². The van der Waals surface area contributed by atoms with Crippen molar-refractivity contribution >= 4 is 39.0 Å². The van der Waals surface area contributed by atoms with E-state index < -0.39 is 0 Å². The van der Waals surface area contributed by atoms with Crippen LogP contribution < -0.4 is 4.90 Å². The minimum atomic E-state index is -0.313. The molecule has 0 saturated heterocycles. The molecule has 0 spiro atoms. The van der Waals surface area contributed by atoms with E-state index >= 15 is 4.39 Å². The molecule has 0 radical (unpaired) electrons. The Labute approximate surface area is 261 Å². The smallest absolute Gasteiger partial charge is 0.148 e. The summed E-state index contributed by atoms with van der Waals surface area (Å²) in [4.78, 5) is 2.05. The third kappa shape index (κ3) is 4.85. The van der Waals surface area contributed by atoms with E-state index in [1.54, 1.807) is 6.07 Å². The van der Waals surface area contributed by atoms with Crippen molar-refractivity contribution in [1.82, 2.24) is 0 Å². The molecule has 0 unspecified atom stereocenters. The van der Waals surface area contributed by atoms with Crippen LogP contribution in [0.2, 0.25) is 0 Å². The van der Waals surface area contributed by atoms with Crippen molar-refractivity contribution in [3.05, 3.63) is 176 Å². The fourth-order valence-corrected chi connectivity index (χ4v) is 6.23. The van der Waals surface area contributed by atoms with Crippen LogP contribution in [0.1, 0.15) is 0 Å². The molecule has 214 valence electrons. The van der Waals surface area contributed by atoms with Gasteiger partial charge in [-0.1, -0.05) is 127 Å². The molecule has 0 fully saturated rings. The van der Waals surface area contributed by atoms with E-state index in [1.807, 2.05) is 114 Å². The van der Waals surface area contributed by atoms with Crippen LogP contribution in [0.3, 0.4) is 0 Å². The van der Waals surface area contributed by atoms with Gasteiger partial charge in [-0.15, -0.1) is 0 Å². The molecule has 1 aromatic heterocycles. The molecule has 0 amide bonds. The van der Waals surface area contributed by atoms with E-state index in [9.17, 15) is 0 Å². The van der Waals surface area contributed by atoms with Gasteiger partial charge in [-0.25, -0.2) is 4.39 Å². The molecule has 0 bridgehead atoms. The average molecular weight is 582 g/mol. The topological polar surface area (TPSA) is 16.4 Å². The highest BCUT2D eigenvalue weighted by molar-refractivity contribution is 6.14. The highest BCUT2D eigenvalue weighted by Gasteiger charge is 2.25. The van der Waals surface area contributed by atoms with Gasteiger partial charge in [0.05, 0.1) is 16.8 Å². The Morgan fingerprint density at radius 3 is 1.69 bits per heavy atom. The Balaban J connectivity index is 1.42. The summed E-state index contributed by atoms with van der Waals surface area (Å²) >= 11 is 0. The van der Waals surface area contributed by atoms with Crippen LogP contribution in [0, 0.1) is 5.82 Å². The number of halogens is 1. The summed E-state index contributed by atoms with van der Waals surface area (Å²) in [6.07, 6.45) is 0. The first-order valence-electron chi connectivity index (χ1n) is 15.0. The van der Waals surface area contributed by atoms with Crippen molar-refractivity contribution in [3.8, 4) is 33.4 Å². The third-order valence-corrected chi connectivity index (χ3v) is 8.33. The summed E-state index contributed by atoms with van der Waals surface area (Å²) in [7, 11) is 0. The Hall–Kier alpha value is -5.93. The quantitative estimate of drug-likeness (QED) is 0.194. The second-order valence-electron chi connectivity index (χ2n) is 11.1. The first-order valence-corrected chi connectivity index (χ1v) is 15.0. The molecule has 0 saturated carbocycles. The molecule has 3 heteroatoms. The zero-order valence-corrected chi connectivity index (χ0v) is 24.4. The second-order valence-corrected chi connectivity index (χ2v) is 11.1. The molecular formula is C42H28FNO. The zero-order valence-electron chi connectivity index (χ0n) is 24.4. The third-order valence-electron chi connectivity index (χ3n) is 8.33. The monoisotopic (exact) mass is 581 g/mol. The molecule has 45 heavy (non-hydrogen) atoms. The lowest BCUT2D eigenvalue weighted by atomic mass is 9.95. The Kier molecular flexibility index (Phi) is 6.69. The zero-order chi connectivity index (χ0) is 30.2. The maximum atomic E-state index is 17.0. The first-order chi connectivity index (χ1) is 22.2. The van der Waals surface area contributed by atoms with Crippen molar-refractivity contribution in [1.29, 1.82) is 0 Å². The van der Waals surface area contributed by atoms with E-state index in [2.05, 4.69) is 54.6 Å². The molecule has 0 aliphatic rings. The number of anilines is 3. The van der Waals surface area contributed by atoms with Gasteiger partial charge in [0.1, 0.15) is 17.0 Å². The predicted octanol–water partition coefficient (Wildman–Crippen LogP) is 12.2. The molecule has 0 aliphatic heterocycles. The summed E-state index contributed by atoms with van der Waals surface area (Å²) < 4.78 is 23.3. The second kappa shape index (κ2) is 11.3. The standard InChI is InChI=1S/C42H28FNO/c43-37-28-33(30-15-6-2-7-16-30)27-36(32-17-8-3-9-18-32)42(37)44(34-25-23-31(24-26-34)29-13-4-1-5-14-29)38-20-12-22-40-41(38)35-19-10-11-21-39(35)45-40/h1-28H. The normalized spacial score (nSPS) is 11.2. The molecule has 0 atom stereocenters. The van der Waals surface area contributed by atoms with E-state index in [1.165, 1.54) is 0 Å². The number of fused-ring (bicyclic) bond motifs is 3. The van der Waals surface area contributed by atoms with E-state index in [4.69, 9.17) is 4.42 Å². The summed E-state index contributed by atoms with van der Waals surface area (Å²) in [6.45, 7) is 0. The van der Waals surface area contributed by atoms with Gasteiger partial charge >= 0.3 is 0 Å². The summed E-state index contributed by atoms with van der Waals surface area (Å²) in [5, 5.41) is 1.92. The van der Waals surface area contributed by atoms with Crippen LogP contribution >= 0.6 is 0 Å². The number of hydrogen-bond donors (Lipinski definition) is 0. The van der Waals surface area contributed by atoms with Gasteiger partial charge in [0.25, 0.3) is 0 Å². The molecule has 0 N–H and O–H groups in total. The molecule has 7 aromatic carbocycles. The SMILES string of the molecule is Fc1cc(-c2ccccc2)cc(-c2ccccc2)c1N(c1ccc(-c2ccccc2)cc1)c1cccc2oc3ccccc3c12. The Bertz CT molecular complexity index is 2260. The van der Waals surface area contributed by atoms with E-state index in [0.717, 1.165) is 66.7 Å². The van der Waals surface area contributed by atoms with Crippen molar-refractivity contribution in [2.75, 3.05) is 4.90 Å². The van der Waals surface area contributed by atoms with Crippen molar-refractivity contribution in [2.45, 2.75) is 0 Å². The number of benzene rings is 7.